The van der Waals surface area contributed by atoms with Crippen LogP contribution in [0.3, 0.4) is 0 Å². The van der Waals surface area contributed by atoms with Crippen LogP contribution in [0.2, 0.25) is 0 Å². The van der Waals surface area contributed by atoms with Crippen LogP contribution in [0.1, 0.15) is 69.0 Å². The highest BCUT2D eigenvalue weighted by atomic mass is 32.1. The Kier molecular flexibility index (Phi) is 12.6. The lowest BCUT2D eigenvalue weighted by molar-refractivity contribution is 0.0755. The van der Waals surface area contributed by atoms with Crippen LogP contribution in [0.4, 0.5) is 8.78 Å². The van der Waals surface area contributed by atoms with Crippen LogP contribution >= 0.6 is 11.3 Å². The number of rotatable bonds is 15. The molecule has 46 heavy (non-hydrogen) atoms. The zero-order valence-corrected chi connectivity index (χ0v) is 27.7. The maximum Gasteiger partial charge on any atom is 0.253 e. The van der Waals surface area contributed by atoms with Gasteiger partial charge in [-0.2, -0.15) is 0 Å². The SMILES string of the molecule is CCCN(CCC)C(=O)c1cc(C)cc(C(=O)N[C@@H](Cc2cc(F)cc(F)c2)[C@H](O)CNCc2cccc(-c3ccc(C)s3)c2)c1. The van der Waals surface area contributed by atoms with Gasteiger partial charge in [-0.05, 0) is 104 Å². The highest BCUT2D eigenvalue weighted by Crippen LogP contribution is 2.28. The summed E-state index contributed by atoms with van der Waals surface area (Å²) in [5.74, 6) is -2.11. The summed E-state index contributed by atoms with van der Waals surface area (Å²) in [6, 6.07) is 19.6. The van der Waals surface area contributed by atoms with Crippen LogP contribution in [0.5, 0.6) is 0 Å². The summed E-state index contributed by atoms with van der Waals surface area (Å²) >= 11 is 1.72. The maximum atomic E-state index is 14.1. The van der Waals surface area contributed by atoms with E-state index in [4.69, 9.17) is 0 Å². The van der Waals surface area contributed by atoms with Gasteiger partial charge in [-0.1, -0.05) is 32.0 Å². The number of thiophene rings is 1. The van der Waals surface area contributed by atoms with Crippen LogP contribution in [-0.2, 0) is 13.0 Å². The maximum absolute atomic E-state index is 14.1. The topological polar surface area (TPSA) is 81.7 Å². The van der Waals surface area contributed by atoms with E-state index in [2.05, 4.69) is 41.8 Å². The molecule has 0 spiro atoms. The Morgan fingerprint density at radius 2 is 1.57 bits per heavy atom. The number of carbonyl (C=O) groups is 2. The molecule has 0 bridgehead atoms. The monoisotopic (exact) mass is 647 g/mol. The van der Waals surface area contributed by atoms with Crippen molar-refractivity contribution >= 4 is 23.2 Å². The van der Waals surface area contributed by atoms with Crippen molar-refractivity contribution in [2.24, 2.45) is 0 Å². The second-order valence-electron chi connectivity index (χ2n) is 11.8. The predicted octanol–water partition coefficient (Wildman–Crippen LogP) is 7.06. The van der Waals surface area contributed by atoms with Gasteiger partial charge in [-0.3, -0.25) is 9.59 Å². The van der Waals surface area contributed by atoms with Gasteiger partial charge in [0.2, 0.25) is 0 Å². The van der Waals surface area contributed by atoms with Crippen LogP contribution in [0.25, 0.3) is 10.4 Å². The van der Waals surface area contributed by atoms with Gasteiger partial charge in [0.05, 0.1) is 12.1 Å². The molecular formula is C37H43F2N3O3S. The second-order valence-corrected chi connectivity index (χ2v) is 13.0. The molecule has 1 aromatic heterocycles. The third-order valence-corrected chi connectivity index (χ3v) is 8.70. The molecule has 0 radical (unpaired) electrons. The Bertz CT molecular complexity index is 1610. The number of hydrogen-bond donors (Lipinski definition) is 3. The van der Waals surface area contributed by atoms with Crippen molar-refractivity contribution in [3.8, 4) is 10.4 Å². The van der Waals surface area contributed by atoms with E-state index in [1.165, 1.54) is 21.9 Å². The van der Waals surface area contributed by atoms with Crippen LogP contribution in [0, 0.1) is 25.5 Å². The molecule has 1 heterocycles. The first-order valence-electron chi connectivity index (χ1n) is 15.8. The molecule has 0 fully saturated rings. The van der Waals surface area contributed by atoms with Crippen molar-refractivity contribution < 1.29 is 23.5 Å². The molecule has 6 nitrogen and oxygen atoms in total. The average molecular weight is 648 g/mol. The third-order valence-electron chi connectivity index (χ3n) is 7.65. The molecule has 0 saturated heterocycles. The summed E-state index contributed by atoms with van der Waals surface area (Å²) in [5, 5.41) is 17.4. The van der Waals surface area contributed by atoms with E-state index < -0.39 is 29.7 Å². The highest BCUT2D eigenvalue weighted by Gasteiger charge is 2.24. The van der Waals surface area contributed by atoms with E-state index in [-0.39, 0.29) is 24.4 Å². The number of benzene rings is 3. The number of nitrogens with one attached hydrogen (secondary N) is 2. The number of carbonyl (C=O) groups excluding carboxylic acids is 2. The van der Waals surface area contributed by atoms with Crippen molar-refractivity contribution in [2.75, 3.05) is 19.6 Å². The summed E-state index contributed by atoms with van der Waals surface area (Å²) in [7, 11) is 0. The molecule has 4 rings (SSSR count). The Morgan fingerprint density at radius 3 is 2.22 bits per heavy atom. The second kappa shape index (κ2) is 16.6. The summed E-state index contributed by atoms with van der Waals surface area (Å²) in [4.78, 5) is 31.1. The normalized spacial score (nSPS) is 12.5. The predicted molar refractivity (Wildman–Crippen MR) is 181 cm³/mol. The highest BCUT2D eigenvalue weighted by molar-refractivity contribution is 7.15. The molecule has 2 atom stereocenters. The number of nitrogens with zero attached hydrogens (tertiary/aromatic N) is 1. The molecule has 0 unspecified atom stereocenters. The zero-order valence-electron chi connectivity index (χ0n) is 26.9. The minimum Gasteiger partial charge on any atom is -0.390 e. The van der Waals surface area contributed by atoms with E-state index in [1.54, 1.807) is 34.4 Å². The summed E-state index contributed by atoms with van der Waals surface area (Å²) in [6.07, 6.45) is 0.543. The van der Waals surface area contributed by atoms with Gasteiger partial charge in [-0.15, -0.1) is 11.3 Å². The number of aryl methyl sites for hydroxylation is 2. The van der Waals surface area contributed by atoms with Crippen molar-refractivity contribution in [2.45, 2.75) is 65.6 Å². The third kappa shape index (κ3) is 9.79. The molecule has 9 heteroatoms. The molecule has 244 valence electrons. The quantitative estimate of drug-likeness (QED) is 0.129. The van der Waals surface area contributed by atoms with E-state index >= 15 is 0 Å². The molecular weight excluding hydrogens is 604 g/mol. The van der Waals surface area contributed by atoms with Gasteiger partial charge in [0.25, 0.3) is 11.8 Å². The lowest BCUT2D eigenvalue weighted by Crippen LogP contribution is -2.48. The minimum atomic E-state index is -1.09. The smallest absolute Gasteiger partial charge is 0.253 e. The molecule has 0 saturated carbocycles. The Balaban J connectivity index is 1.50. The van der Waals surface area contributed by atoms with Gasteiger partial charge in [-0.25, -0.2) is 8.78 Å². The molecule has 4 aromatic rings. The summed E-state index contributed by atoms with van der Waals surface area (Å²) < 4.78 is 28.1. The first-order chi connectivity index (χ1) is 22.1. The number of aliphatic hydroxyl groups is 1. The van der Waals surface area contributed by atoms with Crippen LogP contribution in [0.15, 0.2) is 72.8 Å². The summed E-state index contributed by atoms with van der Waals surface area (Å²) in [6.45, 7) is 9.73. The van der Waals surface area contributed by atoms with E-state index in [0.29, 0.717) is 30.8 Å². The molecule has 2 amide bonds. The first-order valence-corrected chi connectivity index (χ1v) is 16.6. The van der Waals surface area contributed by atoms with Crippen molar-refractivity contribution in [3.05, 3.63) is 117 Å². The van der Waals surface area contributed by atoms with Crippen molar-refractivity contribution in [3.63, 3.8) is 0 Å². The standard InChI is InChI=1S/C37H43F2N3O3S/c1-5-12-42(13-6-2)37(45)30-15-24(3)14-29(20-30)36(44)41-33(19-27-17-31(38)21-32(39)18-27)34(43)23-40-22-26-8-7-9-28(16-26)35-11-10-25(4)46-35/h7-11,14-18,20-21,33-34,40,43H,5-6,12-13,19,22-23H2,1-4H3,(H,41,44)/t33-,34+/m0/s1. The first kappa shape index (κ1) is 34.9. The zero-order chi connectivity index (χ0) is 33.2. The van der Waals surface area contributed by atoms with Crippen molar-refractivity contribution in [1.29, 1.82) is 0 Å². The fourth-order valence-corrected chi connectivity index (χ4v) is 6.39. The Hall–Kier alpha value is -3.92. The van der Waals surface area contributed by atoms with Gasteiger partial charge in [0, 0.05) is 53.1 Å². The number of amides is 2. The lowest BCUT2D eigenvalue weighted by Gasteiger charge is -2.25. The minimum absolute atomic E-state index is 0.00510. The fourth-order valence-electron chi connectivity index (χ4n) is 5.52. The van der Waals surface area contributed by atoms with E-state index in [9.17, 15) is 23.5 Å². The lowest BCUT2D eigenvalue weighted by atomic mass is 9.99. The van der Waals surface area contributed by atoms with E-state index in [0.717, 1.165) is 35.6 Å². The van der Waals surface area contributed by atoms with Crippen molar-refractivity contribution in [1.82, 2.24) is 15.5 Å². The van der Waals surface area contributed by atoms with Crippen LogP contribution < -0.4 is 10.6 Å². The number of halogens is 2. The number of hydrogen-bond acceptors (Lipinski definition) is 5. The Morgan fingerprint density at radius 1 is 0.870 bits per heavy atom. The average Bonchev–Trinajstić information content (AvgIpc) is 3.45. The van der Waals surface area contributed by atoms with Gasteiger partial charge >= 0.3 is 0 Å². The molecule has 0 aliphatic carbocycles. The Labute approximate surface area is 274 Å². The van der Waals surface area contributed by atoms with Gasteiger partial charge in [0.15, 0.2) is 0 Å². The summed E-state index contributed by atoms with van der Waals surface area (Å²) in [5.41, 5.74) is 3.87. The number of aliphatic hydroxyl groups excluding tert-OH is 1. The van der Waals surface area contributed by atoms with Gasteiger partial charge < -0.3 is 20.6 Å². The van der Waals surface area contributed by atoms with E-state index in [1.807, 2.05) is 32.9 Å². The molecule has 0 aliphatic rings. The largest absolute Gasteiger partial charge is 0.390 e. The molecule has 0 aliphatic heterocycles. The van der Waals surface area contributed by atoms with Crippen LogP contribution in [-0.4, -0.2) is 53.6 Å². The molecule has 3 aromatic carbocycles. The fraction of sp³-hybridized carbons (Fsp3) is 0.351. The van der Waals surface area contributed by atoms with Gasteiger partial charge in [0.1, 0.15) is 11.6 Å². The molecule has 3 N–H and O–H groups in total.